The lowest BCUT2D eigenvalue weighted by Crippen LogP contribution is -2.46. The Labute approximate surface area is 159 Å². The molecule has 27 heavy (non-hydrogen) atoms. The van der Waals surface area contributed by atoms with E-state index < -0.39 is 5.97 Å². The Morgan fingerprint density at radius 3 is 2.78 bits per heavy atom. The molecule has 2 atom stereocenters. The van der Waals surface area contributed by atoms with Crippen LogP contribution in [0, 0.1) is 5.92 Å². The summed E-state index contributed by atoms with van der Waals surface area (Å²) in [6.07, 6.45) is 2.29. The number of hydrogen-bond donors (Lipinski definition) is 2. The number of carbonyl (C=O) groups excluding carboxylic acids is 2. The number of methoxy groups -OCH3 is 2. The number of fused-ring (bicyclic) bond motifs is 1. The Bertz CT molecular complexity index is 845. The number of piperidine rings is 1. The first kappa shape index (κ1) is 19.2. The Balaban J connectivity index is 1.90. The van der Waals surface area contributed by atoms with Crippen molar-refractivity contribution in [2.24, 2.45) is 5.92 Å². The molecule has 2 aromatic rings. The van der Waals surface area contributed by atoms with Crippen LogP contribution in [0.25, 0.3) is 10.9 Å². The summed E-state index contributed by atoms with van der Waals surface area (Å²) in [4.78, 5) is 30.3. The summed E-state index contributed by atoms with van der Waals surface area (Å²) in [6.45, 7) is 5.93. The van der Waals surface area contributed by atoms with Crippen molar-refractivity contribution < 1.29 is 19.1 Å². The molecule has 1 aliphatic rings. The quantitative estimate of drug-likeness (QED) is 0.787. The Hall–Kier alpha value is -2.54. The molecule has 0 bridgehead atoms. The van der Waals surface area contributed by atoms with Crippen LogP contribution in [0.4, 0.5) is 5.69 Å². The number of amides is 1. The van der Waals surface area contributed by atoms with E-state index in [4.69, 9.17) is 9.47 Å². The molecule has 1 aliphatic heterocycles. The van der Waals surface area contributed by atoms with Gasteiger partial charge in [-0.25, -0.2) is 4.79 Å². The summed E-state index contributed by atoms with van der Waals surface area (Å²) in [5, 5.41) is 3.68. The van der Waals surface area contributed by atoms with Crippen LogP contribution in [0.15, 0.2) is 18.2 Å². The number of aromatic amines is 1. The molecule has 1 saturated heterocycles. The predicted octanol–water partition coefficient (Wildman–Crippen LogP) is 3.02. The molecule has 146 valence electrons. The van der Waals surface area contributed by atoms with E-state index in [9.17, 15) is 9.59 Å². The summed E-state index contributed by atoms with van der Waals surface area (Å²) in [5.41, 5.74) is 1.37. The van der Waals surface area contributed by atoms with Gasteiger partial charge in [-0.2, -0.15) is 0 Å². The van der Waals surface area contributed by atoms with Gasteiger partial charge in [-0.1, -0.05) is 6.92 Å². The van der Waals surface area contributed by atoms with E-state index in [-0.39, 0.29) is 17.6 Å². The average molecular weight is 373 g/mol. The second-order valence-corrected chi connectivity index (χ2v) is 7.19. The average Bonchev–Trinajstić information content (AvgIpc) is 3.04. The molecule has 0 radical (unpaired) electrons. The third-order valence-electron chi connectivity index (χ3n) is 5.26. The van der Waals surface area contributed by atoms with E-state index in [1.807, 2.05) is 13.0 Å². The van der Waals surface area contributed by atoms with Gasteiger partial charge in [0.2, 0.25) is 5.91 Å². The monoisotopic (exact) mass is 373 g/mol. The van der Waals surface area contributed by atoms with Crippen molar-refractivity contribution in [2.45, 2.75) is 32.7 Å². The molecular weight excluding hydrogens is 346 g/mol. The van der Waals surface area contributed by atoms with E-state index in [1.54, 1.807) is 19.2 Å². The zero-order chi connectivity index (χ0) is 19.6. The van der Waals surface area contributed by atoms with Crippen molar-refractivity contribution in [1.82, 2.24) is 9.88 Å². The molecular formula is C20H27N3O4. The van der Waals surface area contributed by atoms with Crippen LogP contribution in [-0.4, -0.2) is 55.1 Å². The van der Waals surface area contributed by atoms with E-state index in [0.717, 1.165) is 24.9 Å². The number of nitrogens with one attached hydrogen (secondary N) is 2. The summed E-state index contributed by atoms with van der Waals surface area (Å²) >= 11 is 0. The van der Waals surface area contributed by atoms with Crippen molar-refractivity contribution in [3.63, 3.8) is 0 Å². The number of rotatable bonds is 5. The number of carbonyl (C=O) groups is 2. The zero-order valence-electron chi connectivity index (χ0n) is 16.3. The largest absolute Gasteiger partial charge is 0.497 e. The van der Waals surface area contributed by atoms with Crippen LogP contribution in [0.3, 0.4) is 0 Å². The molecule has 1 amide bonds. The molecule has 1 aromatic carbocycles. The second-order valence-electron chi connectivity index (χ2n) is 7.19. The lowest BCUT2D eigenvalue weighted by Gasteiger charge is -2.34. The first-order valence-corrected chi connectivity index (χ1v) is 9.27. The number of nitrogens with zero attached hydrogens (tertiary/aromatic N) is 1. The number of aromatic nitrogens is 1. The molecule has 7 heteroatoms. The number of esters is 1. The number of anilines is 1. The highest BCUT2D eigenvalue weighted by atomic mass is 16.5. The van der Waals surface area contributed by atoms with Crippen LogP contribution in [-0.2, 0) is 9.53 Å². The maximum absolute atomic E-state index is 12.9. The molecule has 1 aromatic heterocycles. The van der Waals surface area contributed by atoms with Crippen molar-refractivity contribution in [3.05, 3.63) is 23.9 Å². The maximum atomic E-state index is 12.9. The highest BCUT2D eigenvalue weighted by Gasteiger charge is 2.28. The molecule has 0 unspecified atom stereocenters. The Kier molecular flexibility index (Phi) is 5.70. The second kappa shape index (κ2) is 8.00. The zero-order valence-corrected chi connectivity index (χ0v) is 16.3. The lowest BCUT2D eigenvalue weighted by atomic mass is 9.99. The first-order chi connectivity index (χ1) is 12.9. The smallest absolute Gasteiger partial charge is 0.356 e. The van der Waals surface area contributed by atoms with E-state index >= 15 is 0 Å². The summed E-state index contributed by atoms with van der Waals surface area (Å²) in [7, 11) is 2.90. The molecule has 0 saturated carbocycles. The molecule has 0 aliphatic carbocycles. The minimum Gasteiger partial charge on any atom is -0.497 e. The lowest BCUT2D eigenvalue weighted by molar-refractivity contribution is -0.121. The number of likely N-dealkylation sites (tertiary alicyclic amines) is 1. The van der Waals surface area contributed by atoms with Crippen LogP contribution < -0.4 is 10.1 Å². The summed E-state index contributed by atoms with van der Waals surface area (Å²) in [6, 6.07) is 5.12. The van der Waals surface area contributed by atoms with Crippen LogP contribution in [0.5, 0.6) is 5.75 Å². The minimum absolute atomic E-state index is 0.133. The SMILES string of the molecule is COC(=O)c1[nH]c2cc(OC)ccc2c1NC(=O)[C@H](C)N1CCC[C@@H](C)C1. The maximum Gasteiger partial charge on any atom is 0.356 e. The molecule has 0 spiro atoms. The van der Waals surface area contributed by atoms with Gasteiger partial charge in [-0.3, -0.25) is 9.69 Å². The number of benzene rings is 1. The number of ether oxygens (including phenoxy) is 2. The standard InChI is InChI=1S/C20H27N3O4/c1-12-6-5-9-23(11-12)13(2)19(24)22-17-15-8-7-14(26-3)10-16(15)21-18(17)20(25)27-4/h7-8,10,12-13,21H,5-6,9,11H2,1-4H3,(H,22,24)/t12-,13+/m1/s1. The van der Waals surface area contributed by atoms with Gasteiger partial charge >= 0.3 is 5.97 Å². The topological polar surface area (TPSA) is 83.7 Å². The Morgan fingerprint density at radius 2 is 2.11 bits per heavy atom. The van der Waals surface area contributed by atoms with Crippen LogP contribution in [0.2, 0.25) is 0 Å². The van der Waals surface area contributed by atoms with E-state index in [2.05, 4.69) is 22.1 Å². The van der Waals surface area contributed by atoms with E-state index in [1.165, 1.54) is 13.5 Å². The van der Waals surface area contributed by atoms with Gasteiger partial charge in [0.1, 0.15) is 11.4 Å². The molecule has 3 rings (SSSR count). The van der Waals surface area contributed by atoms with Gasteiger partial charge in [0.25, 0.3) is 0 Å². The molecule has 2 N–H and O–H groups in total. The fraction of sp³-hybridized carbons (Fsp3) is 0.500. The van der Waals surface area contributed by atoms with Crippen molar-refractivity contribution in [1.29, 1.82) is 0 Å². The van der Waals surface area contributed by atoms with Gasteiger partial charge in [-0.15, -0.1) is 0 Å². The van der Waals surface area contributed by atoms with Crippen LogP contribution in [0.1, 0.15) is 37.2 Å². The van der Waals surface area contributed by atoms with Gasteiger partial charge in [0.15, 0.2) is 0 Å². The molecule has 2 heterocycles. The van der Waals surface area contributed by atoms with Gasteiger partial charge in [-0.05, 0) is 44.4 Å². The summed E-state index contributed by atoms with van der Waals surface area (Å²) in [5.74, 6) is 0.583. The van der Waals surface area contributed by atoms with Crippen LogP contribution >= 0.6 is 0 Å². The predicted molar refractivity (Wildman–Crippen MR) is 104 cm³/mol. The third-order valence-corrected chi connectivity index (χ3v) is 5.26. The number of hydrogen-bond acceptors (Lipinski definition) is 5. The number of H-pyrrole nitrogens is 1. The normalized spacial score (nSPS) is 18.9. The Morgan fingerprint density at radius 1 is 1.33 bits per heavy atom. The third kappa shape index (κ3) is 3.93. The minimum atomic E-state index is -0.528. The fourth-order valence-corrected chi connectivity index (χ4v) is 3.66. The highest BCUT2D eigenvalue weighted by molar-refractivity contribution is 6.11. The first-order valence-electron chi connectivity index (χ1n) is 9.27. The van der Waals surface area contributed by atoms with Gasteiger partial charge in [0, 0.05) is 18.0 Å². The van der Waals surface area contributed by atoms with Crippen molar-refractivity contribution in [3.8, 4) is 5.75 Å². The van der Waals surface area contributed by atoms with Gasteiger partial charge in [0.05, 0.1) is 31.5 Å². The van der Waals surface area contributed by atoms with Crippen molar-refractivity contribution >= 4 is 28.5 Å². The van der Waals surface area contributed by atoms with Gasteiger partial charge < -0.3 is 19.8 Å². The fourth-order valence-electron chi connectivity index (χ4n) is 3.66. The van der Waals surface area contributed by atoms with E-state index in [0.29, 0.717) is 22.9 Å². The van der Waals surface area contributed by atoms with Crippen molar-refractivity contribution in [2.75, 3.05) is 32.6 Å². The molecule has 1 fully saturated rings. The summed E-state index contributed by atoms with van der Waals surface area (Å²) < 4.78 is 10.1. The molecule has 7 nitrogen and oxygen atoms in total. The highest BCUT2D eigenvalue weighted by Crippen LogP contribution is 2.31.